The van der Waals surface area contributed by atoms with Crippen LogP contribution in [-0.2, 0) is 17.7 Å². The summed E-state index contributed by atoms with van der Waals surface area (Å²) in [5.41, 5.74) is 1.76. The van der Waals surface area contributed by atoms with Gasteiger partial charge in [0.2, 0.25) is 0 Å². The lowest BCUT2D eigenvalue weighted by Crippen LogP contribution is -2.57. The average Bonchev–Trinajstić information content (AvgIpc) is 3.35. The molecular formula is C28H28F3N5O3. The molecule has 1 aliphatic heterocycles. The average molecular weight is 540 g/mol. The number of halogens is 3. The van der Waals surface area contributed by atoms with Crippen LogP contribution in [0.1, 0.15) is 44.8 Å². The van der Waals surface area contributed by atoms with Gasteiger partial charge in [-0.2, -0.15) is 23.5 Å². The van der Waals surface area contributed by atoms with Crippen LogP contribution in [0.25, 0.3) is 0 Å². The van der Waals surface area contributed by atoms with Crippen molar-refractivity contribution >= 4 is 23.6 Å². The molecule has 0 atom stereocenters. The Balaban J connectivity index is 0.000000298. The van der Waals surface area contributed by atoms with E-state index in [2.05, 4.69) is 16.5 Å². The maximum absolute atomic E-state index is 13.1. The van der Waals surface area contributed by atoms with Crippen LogP contribution in [0.4, 0.5) is 24.5 Å². The van der Waals surface area contributed by atoms with Gasteiger partial charge < -0.3 is 15.0 Å². The van der Waals surface area contributed by atoms with Gasteiger partial charge in [0, 0.05) is 32.1 Å². The summed E-state index contributed by atoms with van der Waals surface area (Å²) in [4.78, 5) is 25.5. The van der Waals surface area contributed by atoms with E-state index < -0.39 is 11.8 Å². The fourth-order valence-electron chi connectivity index (χ4n) is 4.98. The second-order valence-electron chi connectivity index (χ2n) is 9.53. The zero-order valence-corrected chi connectivity index (χ0v) is 21.5. The standard InChI is InChI=1S/C20H20F3N3O3.C8H8N2/c1-29-19(20(21,22)23)9-14(10-19)8-13-2-4-16(5-3-13)25-6-7-26-17(18(25)28)15(12-27)11-24-26;1-10-8-4-2-3-7(5-8)6-9/h2-5,11-12,14H,6-10H2,1H3;2-5,10H,1H3. The Morgan fingerprint density at radius 1 is 1.21 bits per heavy atom. The van der Waals surface area contributed by atoms with Gasteiger partial charge in [0.1, 0.15) is 5.69 Å². The first-order chi connectivity index (χ1) is 18.6. The smallest absolute Gasteiger partial charge is 0.388 e. The Kier molecular flexibility index (Phi) is 8.06. The highest BCUT2D eigenvalue weighted by molar-refractivity contribution is 6.09. The number of hydrogen-bond acceptors (Lipinski definition) is 6. The number of carbonyl (C=O) groups is 2. The van der Waals surface area contributed by atoms with Crippen molar-refractivity contribution in [3.63, 3.8) is 0 Å². The van der Waals surface area contributed by atoms with Crippen LogP contribution in [-0.4, -0.2) is 54.5 Å². The lowest BCUT2D eigenvalue weighted by molar-refractivity contribution is -0.308. The molecule has 1 aromatic heterocycles. The number of nitrogens with one attached hydrogen (secondary N) is 1. The first-order valence-electron chi connectivity index (χ1n) is 12.4. The summed E-state index contributed by atoms with van der Waals surface area (Å²) in [5, 5.41) is 15.5. The molecule has 1 N–H and O–H groups in total. The number of hydrogen-bond donors (Lipinski definition) is 1. The van der Waals surface area contributed by atoms with Crippen molar-refractivity contribution in [1.82, 2.24) is 9.78 Å². The molecule has 39 heavy (non-hydrogen) atoms. The number of fused-ring (bicyclic) bond motifs is 1. The summed E-state index contributed by atoms with van der Waals surface area (Å²) in [7, 11) is 2.94. The van der Waals surface area contributed by atoms with Crippen molar-refractivity contribution in [2.75, 3.05) is 30.9 Å². The topological polar surface area (TPSA) is 100 Å². The number of carbonyl (C=O) groups excluding carboxylic acids is 2. The van der Waals surface area contributed by atoms with Crippen LogP contribution in [0.5, 0.6) is 0 Å². The van der Waals surface area contributed by atoms with E-state index in [1.165, 1.54) is 10.9 Å². The van der Waals surface area contributed by atoms with E-state index in [1.807, 2.05) is 31.3 Å². The third-order valence-electron chi connectivity index (χ3n) is 7.17. The van der Waals surface area contributed by atoms with Gasteiger partial charge in [0.15, 0.2) is 11.9 Å². The second-order valence-corrected chi connectivity index (χ2v) is 9.53. The SMILES string of the molecule is CNc1cccc(C#N)c1.COC1(C(F)(F)F)CC(Cc2ccc(N3CCn4ncc(C=O)c4C3=O)cc2)C1. The molecule has 1 aliphatic carbocycles. The highest BCUT2D eigenvalue weighted by Crippen LogP contribution is 2.51. The van der Waals surface area contributed by atoms with E-state index in [-0.39, 0.29) is 35.9 Å². The van der Waals surface area contributed by atoms with Crippen molar-refractivity contribution in [3.05, 3.63) is 77.1 Å². The molecule has 204 valence electrons. The maximum Gasteiger partial charge on any atom is 0.417 e. The highest BCUT2D eigenvalue weighted by Gasteiger charge is 2.62. The molecule has 8 nitrogen and oxygen atoms in total. The first-order valence-corrected chi connectivity index (χ1v) is 12.4. The van der Waals surface area contributed by atoms with Crippen molar-refractivity contribution in [2.24, 2.45) is 5.92 Å². The van der Waals surface area contributed by atoms with Crippen molar-refractivity contribution in [3.8, 4) is 6.07 Å². The third kappa shape index (κ3) is 5.66. The molecule has 11 heteroatoms. The van der Waals surface area contributed by atoms with Crippen LogP contribution < -0.4 is 10.2 Å². The lowest BCUT2D eigenvalue weighted by atomic mass is 9.68. The van der Waals surface area contributed by atoms with E-state index in [9.17, 15) is 22.8 Å². The van der Waals surface area contributed by atoms with Crippen molar-refractivity contribution in [2.45, 2.75) is 37.6 Å². The number of benzene rings is 2. The van der Waals surface area contributed by atoms with Crippen LogP contribution in [0.3, 0.4) is 0 Å². The molecule has 2 heterocycles. The highest BCUT2D eigenvalue weighted by atomic mass is 19.4. The molecule has 1 amide bonds. The molecule has 2 aromatic carbocycles. The summed E-state index contributed by atoms with van der Waals surface area (Å²) >= 11 is 0. The predicted octanol–water partition coefficient (Wildman–Crippen LogP) is 4.86. The lowest BCUT2D eigenvalue weighted by Gasteiger charge is -2.47. The van der Waals surface area contributed by atoms with E-state index >= 15 is 0 Å². The Labute approximate surface area is 224 Å². The second kappa shape index (κ2) is 11.3. The van der Waals surface area contributed by atoms with E-state index in [4.69, 9.17) is 10.00 Å². The molecule has 0 radical (unpaired) electrons. The zero-order valence-electron chi connectivity index (χ0n) is 21.5. The van der Waals surface area contributed by atoms with E-state index in [0.29, 0.717) is 37.0 Å². The fraction of sp³-hybridized carbons (Fsp3) is 0.357. The number of aldehydes is 1. The summed E-state index contributed by atoms with van der Waals surface area (Å²) in [6, 6.07) is 16.6. The third-order valence-corrected chi connectivity index (χ3v) is 7.17. The molecule has 0 bridgehead atoms. The van der Waals surface area contributed by atoms with Crippen molar-refractivity contribution < 1.29 is 27.5 Å². The number of rotatable bonds is 6. The van der Waals surface area contributed by atoms with Gasteiger partial charge >= 0.3 is 6.18 Å². The number of anilines is 2. The molecule has 3 aromatic rings. The summed E-state index contributed by atoms with van der Waals surface area (Å²) in [5.74, 6) is -0.388. The number of aromatic nitrogens is 2. The van der Waals surface area contributed by atoms with Crippen molar-refractivity contribution in [1.29, 1.82) is 5.26 Å². The molecule has 0 saturated heterocycles. The number of ether oxygens (including phenoxy) is 1. The molecule has 0 spiro atoms. The fourth-order valence-corrected chi connectivity index (χ4v) is 4.98. The Hall–Kier alpha value is -4.17. The van der Waals surface area contributed by atoms with Gasteiger partial charge in [-0.3, -0.25) is 14.3 Å². The minimum absolute atomic E-state index is 0.0438. The van der Waals surface area contributed by atoms with Gasteiger partial charge in [-0.25, -0.2) is 0 Å². The Morgan fingerprint density at radius 3 is 2.51 bits per heavy atom. The molecule has 5 rings (SSSR count). The van der Waals surface area contributed by atoms with Gasteiger partial charge in [0.25, 0.3) is 5.91 Å². The van der Waals surface area contributed by atoms with E-state index in [1.54, 1.807) is 29.2 Å². The minimum Gasteiger partial charge on any atom is -0.388 e. The Bertz CT molecular complexity index is 1370. The first kappa shape index (κ1) is 27.9. The van der Waals surface area contributed by atoms with E-state index in [0.717, 1.165) is 18.4 Å². The zero-order chi connectivity index (χ0) is 28.2. The normalized spacial score (nSPS) is 20.2. The molecular weight excluding hydrogens is 511 g/mol. The van der Waals surface area contributed by atoms with Gasteiger partial charge in [-0.05, 0) is 61.1 Å². The van der Waals surface area contributed by atoms with Crippen LogP contribution >= 0.6 is 0 Å². The number of nitrogens with zero attached hydrogens (tertiary/aromatic N) is 4. The Morgan fingerprint density at radius 2 is 1.92 bits per heavy atom. The number of amides is 1. The summed E-state index contributed by atoms with van der Waals surface area (Å²) in [6.07, 6.45) is -1.92. The summed E-state index contributed by atoms with van der Waals surface area (Å²) in [6.45, 7) is 0.908. The molecule has 1 saturated carbocycles. The van der Waals surface area contributed by atoms with Crippen LogP contribution in [0, 0.1) is 17.2 Å². The minimum atomic E-state index is -4.36. The van der Waals surface area contributed by atoms with Gasteiger partial charge in [-0.1, -0.05) is 18.2 Å². The number of alkyl halides is 3. The maximum atomic E-state index is 13.1. The summed E-state index contributed by atoms with van der Waals surface area (Å²) < 4.78 is 45.6. The molecule has 0 unspecified atom stereocenters. The molecule has 2 aliphatic rings. The van der Waals surface area contributed by atoms with Crippen LogP contribution in [0.2, 0.25) is 0 Å². The predicted molar refractivity (Wildman–Crippen MR) is 139 cm³/mol. The van der Waals surface area contributed by atoms with Gasteiger partial charge in [0.05, 0.1) is 29.9 Å². The van der Waals surface area contributed by atoms with Gasteiger partial charge in [-0.15, -0.1) is 0 Å². The number of methoxy groups -OCH3 is 1. The molecule has 1 fully saturated rings. The number of nitriles is 1. The van der Waals surface area contributed by atoms with Crippen LogP contribution in [0.15, 0.2) is 54.7 Å². The largest absolute Gasteiger partial charge is 0.417 e. The quantitative estimate of drug-likeness (QED) is 0.450. The monoisotopic (exact) mass is 539 g/mol.